The van der Waals surface area contributed by atoms with Crippen LogP contribution in [0.1, 0.15) is 31.6 Å². The van der Waals surface area contributed by atoms with Crippen LogP contribution < -0.4 is 10.2 Å². The van der Waals surface area contributed by atoms with Crippen molar-refractivity contribution in [3.8, 4) is 11.3 Å². The highest BCUT2D eigenvalue weighted by Gasteiger charge is 2.28. The molecule has 0 bridgehead atoms. The van der Waals surface area contributed by atoms with Gasteiger partial charge < -0.3 is 14.6 Å². The number of nitrogens with one attached hydrogen (secondary N) is 1. The van der Waals surface area contributed by atoms with E-state index in [1.807, 2.05) is 44.2 Å². The number of rotatable bonds is 4. The Labute approximate surface area is 206 Å². The summed E-state index contributed by atoms with van der Waals surface area (Å²) in [7, 11) is 0. The zero-order valence-corrected chi connectivity index (χ0v) is 20.3. The molecule has 34 heavy (non-hydrogen) atoms. The number of aryl methyl sites for hydroxylation is 2. The number of anilines is 2. The Morgan fingerprint density at radius 3 is 2.76 bits per heavy atom. The van der Waals surface area contributed by atoms with Crippen LogP contribution in [-0.4, -0.2) is 23.3 Å². The topological polar surface area (TPSA) is 75.4 Å². The molecule has 0 saturated heterocycles. The first kappa shape index (κ1) is 22.4. The Bertz CT molecular complexity index is 1410. The second-order valence-corrected chi connectivity index (χ2v) is 9.87. The number of aromatic nitrogens is 1. The largest absolute Gasteiger partial charge is 0.469 e. The second kappa shape index (κ2) is 9.08. The number of furan rings is 1. The summed E-state index contributed by atoms with van der Waals surface area (Å²) >= 11 is 8.19. The molecule has 6 nitrogen and oxygen atoms in total. The minimum atomic E-state index is -0.219. The second-order valence-electron chi connectivity index (χ2n) is 8.17. The van der Waals surface area contributed by atoms with Gasteiger partial charge in [0, 0.05) is 29.1 Å². The van der Waals surface area contributed by atoms with Crippen LogP contribution in [0.15, 0.2) is 59.2 Å². The lowest BCUT2D eigenvalue weighted by Gasteiger charge is -2.23. The molecule has 0 fully saturated rings. The van der Waals surface area contributed by atoms with Gasteiger partial charge in [0.05, 0.1) is 39.7 Å². The molecule has 8 heteroatoms. The maximum atomic E-state index is 13.6. The van der Waals surface area contributed by atoms with Gasteiger partial charge in [0.15, 0.2) is 0 Å². The Hall–Kier alpha value is -3.42. The average Bonchev–Trinajstić information content (AvgIpc) is 3.34. The summed E-state index contributed by atoms with van der Waals surface area (Å²) < 4.78 is 5.34. The van der Waals surface area contributed by atoms with E-state index < -0.39 is 0 Å². The summed E-state index contributed by atoms with van der Waals surface area (Å²) in [6.07, 6.45) is 2.41. The molecule has 0 atom stereocenters. The van der Waals surface area contributed by atoms with Gasteiger partial charge in [0.25, 0.3) is 5.91 Å². The van der Waals surface area contributed by atoms with E-state index in [1.54, 1.807) is 40.7 Å². The Morgan fingerprint density at radius 2 is 2.00 bits per heavy atom. The molecular weight excluding hydrogens is 470 g/mol. The number of carbonyl (C=O) groups excluding carboxylic acids is 2. The van der Waals surface area contributed by atoms with Gasteiger partial charge in [-0.2, -0.15) is 0 Å². The van der Waals surface area contributed by atoms with Crippen LogP contribution in [0.5, 0.6) is 0 Å². The number of nitrogens with zero attached hydrogens (tertiary/aromatic N) is 2. The van der Waals surface area contributed by atoms with E-state index in [1.165, 1.54) is 4.88 Å². The van der Waals surface area contributed by atoms with Crippen molar-refractivity contribution in [2.75, 3.05) is 16.8 Å². The molecule has 2 aromatic heterocycles. The zero-order chi connectivity index (χ0) is 23.8. The first-order valence-corrected chi connectivity index (χ1v) is 12.1. The summed E-state index contributed by atoms with van der Waals surface area (Å²) in [5, 5.41) is 4.11. The number of benzene rings is 2. The van der Waals surface area contributed by atoms with Crippen molar-refractivity contribution in [1.82, 2.24) is 4.98 Å². The van der Waals surface area contributed by atoms with E-state index in [0.29, 0.717) is 23.6 Å². The van der Waals surface area contributed by atoms with Crippen molar-refractivity contribution in [3.63, 3.8) is 0 Å². The van der Waals surface area contributed by atoms with Crippen LogP contribution in [0.4, 0.5) is 11.4 Å². The summed E-state index contributed by atoms with van der Waals surface area (Å²) in [6.45, 7) is 4.42. The molecule has 0 radical (unpaired) electrons. The van der Waals surface area contributed by atoms with Crippen molar-refractivity contribution in [1.29, 1.82) is 0 Å². The summed E-state index contributed by atoms with van der Waals surface area (Å²) in [6, 6.07) is 14.6. The molecule has 0 aliphatic carbocycles. The monoisotopic (exact) mass is 491 g/mol. The molecule has 172 valence electrons. The van der Waals surface area contributed by atoms with Crippen LogP contribution in [-0.2, 0) is 17.6 Å². The SMILES string of the molecule is Cc1nc2c(s1)CCN(C(=O)c1ccc(NC(=O)Cc3occc3C)cc1Cl)c1ccccc1-2. The highest BCUT2D eigenvalue weighted by atomic mass is 35.5. The summed E-state index contributed by atoms with van der Waals surface area (Å²) in [4.78, 5) is 33.6. The number of carbonyl (C=O) groups is 2. The van der Waals surface area contributed by atoms with Crippen LogP contribution >= 0.6 is 22.9 Å². The van der Waals surface area contributed by atoms with E-state index in [4.69, 9.17) is 21.0 Å². The lowest BCUT2D eigenvalue weighted by atomic mass is 10.1. The standard InChI is InChI=1S/C26H22ClN3O3S/c1-15-10-12-33-22(15)14-24(31)29-17-7-8-18(20(27)13-17)26(32)30-11-9-23-25(28-16(2)34-23)19-5-3-4-6-21(19)30/h3-8,10,12-13H,9,11,14H2,1-2H3,(H,29,31). The smallest absolute Gasteiger partial charge is 0.259 e. The third-order valence-corrected chi connectivity index (χ3v) is 7.18. The molecular formula is C26H22ClN3O3S. The third kappa shape index (κ3) is 4.24. The number of amides is 2. The van der Waals surface area contributed by atoms with Gasteiger partial charge >= 0.3 is 0 Å². The highest BCUT2D eigenvalue weighted by molar-refractivity contribution is 7.12. The van der Waals surface area contributed by atoms with Gasteiger partial charge in [-0.1, -0.05) is 29.8 Å². The van der Waals surface area contributed by atoms with Gasteiger partial charge in [-0.15, -0.1) is 11.3 Å². The minimum absolute atomic E-state index is 0.124. The maximum absolute atomic E-state index is 13.6. The molecule has 4 aromatic rings. The van der Waals surface area contributed by atoms with Gasteiger partial charge in [-0.3, -0.25) is 9.59 Å². The van der Waals surface area contributed by atoms with Crippen molar-refractivity contribution >= 4 is 46.1 Å². The van der Waals surface area contributed by atoms with Crippen molar-refractivity contribution in [2.24, 2.45) is 0 Å². The Kier molecular flexibility index (Phi) is 5.98. The van der Waals surface area contributed by atoms with E-state index in [0.717, 1.165) is 33.9 Å². The molecule has 2 amide bonds. The van der Waals surface area contributed by atoms with E-state index in [2.05, 4.69) is 5.32 Å². The van der Waals surface area contributed by atoms with E-state index in [9.17, 15) is 9.59 Å². The normalized spacial score (nSPS) is 12.6. The summed E-state index contributed by atoms with van der Waals surface area (Å²) in [5.74, 6) is 0.213. The Morgan fingerprint density at radius 1 is 1.18 bits per heavy atom. The fourth-order valence-electron chi connectivity index (χ4n) is 4.15. The lowest BCUT2D eigenvalue weighted by Crippen LogP contribution is -2.32. The fraction of sp³-hybridized carbons (Fsp3) is 0.192. The number of hydrogen-bond donors (Lipinski definition) is 1. The van der Waals surface area contributed by atoms with E-state index >= 15 is 0 Å². The van der Waals surface area contributed by atoms with Crippen LogP contribution in [0, 0.1) is 13.8 Å². The summed E-state index contributed by atoms with van der Waals surface area (Å²) in [5.41, 5.74) is 4.54. The predicted octanol–water partition coefficient (Wildman–Crippen LogP) is 6.06. The number of hydrogen-bond acceptors (Lipinski definition) is 5. The van der Waals surface area contributed by atoms with Crippen LogP contribution in [0.2, 0.25) is 5.02 Å². The van der Waals surface area contributed by atoms with Gasteiger partial charge in [-0.25, -0.2) is 4.98 Å². The minimum Gasteiger partial charge on any atom is -0.469 e. The number of fused-ring (bicyclic) bond motifs is 3. The molecule has 0 saturated carbocycles. The molecule has 0 spiro atoms. The molecule has 3 heterocycles. The van der Waals surface area contributed by atoms with Crippen molar-refractivity contribution < 1.29 is 14.0 Å². The average molecular weight is 492 g/mol. The lowest BCUT2D eigenvalue weighted by molar-refractivity contribution is -0.115. The molecule has 1 aliphatic rings. The van der Waals surface area contributed by atoms with Gasteiger partial charge in [0.1, 0.15) is 5.76 Å². The molecule has 1 N–H and O–H groups in total. The third-order valence-electron chi connectivity index (χ3n) is 5.83. The van der Waals surface area contributed by atoms with E-state index in [-0.39, 0.29) is 23.3 Å². The van der Waals surface area contributed by atoms with Crippen LogP contribution in [0.3, 0.4) is 0 Å². The molecule has 2 aromatic carbocycles. The first-order chi connectivity index (χ1) is 16.4. The van der Waals surface area contributed by atoms with Crippen molar-refractivity contribution in [3.05, 3.63) is 86.6 Å². The number of halogens is 1. The van der Waals surface area contributed by atoms with Gasteiger partial charge in [-0.05, 0) is 49.7 Å². The number of thiazole rings is 1. The molecule has 0 unspecified atom stereocenters. The first-order valence-electron chi connectivity index (χ1n) is 10.9. The number of para-hydroxylation sites is 1. The van der Waals surface area contributed by atoms with Crippen molar-refractivity contribution in [2.45, 2.75) is 26.7 Å². The zero-order valence-electron chi connectivity index (χ0n) is 18.7. The molecule has 1 aliphatic heterocycles. The Balaban J connectivity index is 1.38. The quantitative estimate of drug-likeness (QED) is 0.376. The predicted molar refractivity (Wildman–Crippen MR) is 135 cm³/mol. The fourth-order valence-corrected chi connectivity index (χ4v) is 5.35. The highest BCUT2D eigenvalue weighted by Crippen LogP contribution is 2.39. The maximum Gasteiger partial charge on any atom is 0.259 e. The van der Waals surface area contributed by atoms with Crippen LogP contribution in [0.25, 0.3) is 11.3 Å². The van der Waals surface area contributed by atoms with Gasteiger partial charge in [0.2, 0.25) is 5.91 Å². The molecule has 5 rings (SSSR count).